The summed E-state index contributed by atoms with van der Waals surface area (Å²) in [7, 11) is 0. The molecule has 2 aromatic rings. The normalized spacial score (nSPS) is 12.7. The van der Waals surface area contributed by atoms with Gasteiger partial charge in [0.1, 0.15) is 0 Å². The van der Waals surface area contributed by atoms with E-state index in [4.69, 9.17) is 0 Å². The van der Waals surface area contributed by atoms with Crippen LogP contribution in [0.5, 0.6) is 0 Å². The standard InChI is InChI=1S/C17H11BrN2O/c1-11(21)17-12(3-6-16-19-7-2-8-20-16)9-13-10-14(18)4-5-15(13)17/h2,4-5,7-8,10H,9H2,1H3. The minimum atomic E-state index is 0.0364. The summed E-state index contributed by atoms with van der Waals surface area (Å²) >= 11 is 3.46. The fraction of sp³-hybridized carbons (Fsp3) is 0.118. The summed E-state index contributed by atoms with van der Waals surface area (Å²) in [5, 5.41) is 0. The van der Waals surface area contributed by atoms with Gasteiger partial charge in [-0.2, -0.15) is 0 Å². The van der Waals surface area contributed by atoms with E-state index in [0.717, 1.165) is 21.2 Å². The van der Waals surface area contributed by atoms with Gasteiger partial charge in [-0.25, -0.2) is 9.97 Å². The van der Waals surface area contributed by atoms with Gasteiger partial charge in [-0.05, 0) is 42.2 Å². The van der Waals surface area contributed by atoms with Gasteiger partial charge in [-0.3, -0.25) is 4.79 Å². The molecular weight excluding hydrogens is 328 g/mol. The SMILES string of the molecule is CC(=O)C1=C(C#Cc2ncccn2)Cc2cc(Br)ccc21. The summed E-state index contributed by atoms with van der Waals surface area (Å²) in [5.41, 5.74) is 3.64. The molecule has 0 fully saturated rings. The summed E-state index contributed by atoms with van der Waals surface area (Å²) in [5.74, 6) is 6.49. The van der Waals surface area contributed by atoms with Gasteiger partial charge in [-0.1, -0.05) is 27.9 Å². The number of halogens is 1. The van der Waals surface area contributed by atoms with Crippen molar-refractivity contribution in [2.24, 2.45) is 0 Å². The number of nitrogens with zero attached hydrogens (tertiary/aromatic N) is 2. The Kier molecular flexibility index (Phi) is 3.68. The van der Waals surface area contributed by atoms with Gasteiger partial charge in [0.15, 0.2) is 5.78 Å². The number of allylic oxidation sites excluding steroid dienone is 2. The fourth-order valence-electron chi connectivity index (χ4n) is 2.40. The first-order chi connectivity index (χ1) is 10.1. The van der Waals surface area contributed by atoms with Crippen LogP contribution in [-0.4, -0.2) is 15.8 Å². The highest BCUT2D eigenvalue weighted by Crippen LogP contribution is 2.34. The first-order valence-electron chi connectivity index (χ1n) is 6.47. The maximum atomic E-state index is 11.9. The predicted molar refractivity (Wildman–Crippen MR) is 84.4 cm³/mol. The molecule has 0 amide bonds. The van der Waals surface area contributed by atoms with Crippen molar-refractivity contribution < 1.29 is 4.79 Å². The molecule has 102 valence electrons. The van der Waals surface area contributed by atoms with Crippen molar-refractivity contribution in [3.05, 3.63) is 63.7 Å². The lowest BCUT2D eigenvalue weighted by molar-refractivity contribution is -0.111. The molecule has 1 aromatic carbocycles. The second-order valence-electron chi connectivity index (χ2n) is 4.71. The molecule has 4 heteroatoms. The zero-order chi connectivity index (χ0) is 14.8. The predicted octanol–water partition coefficient (Wildman–Crippen LogP) is 3.19. The topological polar surface area (TPSA) is 42.9 Å². The minimum absolute atomic E-state index is 0.0364. The van der Waals surface area contributed by atoms with Crippen LogP contribution in [0.1, 0.15) is 23.9 Å². The Hall–Kier alpha value is -2.25. The van der Waals surface area contributed by atoms with Gasteiger partial charge in [-0.15, -0.1) is 0 Å². The van der Waals surface area contributed by atoms with Gasteiger partial charge in [0, 0.05) is 34.4 Å². The number of carbonyl (C=O) groups is 1. The average molecular weight is 339 g/mol. The van der Waals surface area contributed by atoms with Crippen molar-refractivity contribution in [3.63, 3.8) is 0 Å². The molecule has 3 rings (SSSR count). The van der Waals surface area contributed by atoms with Crippen LogP contribution in [0.25, 0.3) is 5.57 Å². The highest BCUT2D eigenvalue weighted by molar-refractivity contribution is 9.10. The summed E-state index contributed by atoms with van der Waals surface area (Å²) in [6, 6.07) is 7.68. The molecule has 0 aliphatic heterocycles. The van der Waals surface area contributed by atoms with E-state index in [1.165, 1.54) is 0 Å². The van der Waals surface area contributed by atoms with Gasteiger partial charge >= 0.3 is 0 Å². The number of ketones is 1. The average Bonchev–Trinajstić information content (AvgIpc) is 2.83. The molecule has 1 aromatic heterocycles. The molecule has 0 atom stereocenters. The van der Waals surface area contributed by atoms with Crippen LogP contribution in [0.4, 0.5) is 0 Å². The van der Waals surface area contributed by atoms with E-state index in [-0.39, 0.29) is 5.78 Å². The second kappa shape index (κ2) is 5.63. The quantitative estimate of drug-likeness (QED) is 0.750. The lowest BCUT2D eigenvalue weighted by Crippen LogP contribution is -1.95. The van der Waals surface area contributed by atoms with Gasteiger partial charge in [0.25, 0.3) is 0 Å². The Morgan fingerprint density at radius 1 is 1.24 bits per heavy atom. The number of hydrogen-bond acceptors (Lipinski definition) is 3. The molecule has 21 heavy (non-hydrogen) atoms. The number of fused-ring (bicyclic) bond motifs is 1. The summed E-state index contributed by atoms with van der Waals surface area (Å²) in [4.78, 5) is 20.1. The Bertz CT molecular complexity index is 814. The fourth-order valence-corrected chi connectivity index (χ4v) is 2.81. The van der Waals surface area contributed by atoms with Crippen LogP contribution in [0.2, 0.25) is 0 Å². The lowest BCUT2D eigenvalue weighted by Gasteiger charge is -2.02. The number of hydrogen-bond donors (Lipinski definition) is 0. The number of carbonyl (C=O) groups excluding carboxylic acids is 1. The van der Waals surface area contributed by atoms with Crippen molar-refractivity contribution in [2.75, 3.05) is 0 Å². The van der Waals surface area contributed by atoms with Gasteiger partial charge < -0.3 is 0 Å². The molecule has 1 aliphatic carbocycles. The summed E-state index contributed by atoms with van der Waals surface area (Å²) in [6.07, 6.45) is 3.97. The third-order valence-corrected chi connectivity index (χ3v) is 3.74. The zero-order valence-corrected chi connectivity index (χ0v) is 12.9. The van der Waals surface area contributed by atoms with Crippen molar-refractivity contribution in [2.45, 2.75) is 13.3 Å². The first-order valence-corrected chi connectivity index (χ1v) is 7.26. The van der Waals surface area contributed by atoms with Crippen LogP contribution in [0.3, 0.4) is 0 Å². The zero-order valence-electron chi connectivity index (χ0n) is 11.4. The van der Waals surface area contributed by atoms with E-state index in [1.54, 1.807) is 25.4 Å². The summed E-state index contributed by atoms with van der Waals surface area (Å²) in [6.45, 7) is 1.58. The Labute approximate surface area is 131 Å². The van der Waals surface area contributed by atoms with Crippen LogP contribution in [0, 0.1) is 11.8 Å². The van der Waals surface area contributed by atoms with Crippen molar-refractivity contribution in [3.8, 4) is 11.8 Å². The largest absolute Gasteiger partial charge is 0.294 e. The molecular formula is C17H11BrN2O. The van der Waals surface area contributed by atoms with Crippen molar-refractivity contribution in [1.82, 2.24) is 9.97 Å². The van der Waals surface area contributed by atoms with E-state index in [2.05, 4.69) is 37.7 Å². The van der Waals surface area contributed by atoms with Crippen LogP contribution < -0.4 is 0 Å². The first kappa shape index (κ1) is 13.7. The van der Waals surface area contributed by atoms with Crippen molar-refractivity contribution >= 4 is 27.3 Å². The smallest absolute Gasteiger partial charge is 0.205 e. The lowest BCUT2D eigenvalue weighted by atomic mass is 10.0. The van der Waals surface area contributed by atoms with Gasteiger partial charge in [0.05, 0.1) is 0 Å². The third-order valence-electron chi connectivity index (χ3n) is 3.25. The van der Waals surface area contributed by atoms with Gasteiger partial charge in [0.2, 0.25) is 5.82 Å². The molecule has 3 nitrogen and oxygen atoms in total. The molecule has 1 aliphatic rings. The molecule has 0 bridgehead atoms. The van der Waals surface area contributed by atoms with Crippen LogP contribution >= 0.6 is 15.9 Å². The van der Waals surface area contributed by atoms with E-state index < -0.39 is 0 Å². The third kappa shape index (κ3) is 2.79. The number of benzene rings is 1. The molecule has 1 heterocycles. The highest BCUT2D eigenvalue weighted by atomic mass is 79.9. The van der Waals surface area contributed by atoms with Crippen LogP contribution in [0.15, 0.2) is 46.7 Å². The van der Waals surface area contributed by atoms with E-state index in [1.807, 2.05) is 18.2 Å². The second-order valence-corrected chi connectivity index (χ2v) is 5.63. The molecule has 0 spiro atoms. The highest BCUT2D eigenvalue weighted by Gasteiger charge is 2.23. The van der Waals surface area contributed by atoms with Crippen molar-refractivity contribution in [1.29, 1.82) is 0 Å². The van der Waals surface area contributed by atoms with E-state index in [9.17, 15) is 4.79 Å². The molecule has 0 saturated heterocycles. The number of aromatic nitrogens is 2. The molecule has 0 saturated carbocycles. The van der Waals surface area contributed by atoms with E-state index in [0.29, 0.717) is 17.8 Å². The Morgan fingerprint density at radius 2 is 2.00 bits per heavy atom. The monoisotopic (exact) mass is 338 g/mol. The summed E-state index contributed by atoms with van der Waals surface area (Å²) < 4.78 is 1.00. The number of rotatable bonds is 1. The minimum Gasteiger partial charge on any atom is -0.294 e. The maximum absolute atomic E-state index is 11.9. The molecule has 0 radical (unpaired) electrons. The maximum Gasteiger partial charge on any atom is 0.205 e. The Balaban J connectivity index is 2.04. The molecule has 0 N–H and O–H groups in total. The number of Topliss-reactive ketones (excluding diaryl/α,β-unsaturated/α-hetero) is 1. The van der Waals surface area contributed by atoms with Crippen LogP contribution in [-0.2, 0) is 11.2 Å². The Morgan fingerprint density at radius 3 is 2.71 bits per heavy atom. The molecule has 0 unspecified atom stereocenters. The van der Waals surface area contributed by atoms with E-state index >= 15 is 0 Å².